The van der Waals surface area contributed by atoms with Crippen LogP contribution in [0.1, 0.15) is 35.3 Å². The van der Waals surface area contributed by atoms with Crippen LogP contribution in [0.5, 0.6) is 0 Å². The number of hydrogen-bond acceptors (Lipinski definition) is 2. The number of halogens is 1. The third-order valence-electron chi connectivity index (χ3n) is 4.60. The van der Waals surface area contributed by atoms with E-state index in [9.17, 15) is 9.18 Å². The van der Waals surface area contributed by atoms with E-state index in [1.165, 1.54) is 12.1 Å². The Morgan fingerprint density at radius 2 is 2.13 bits per heavy atom. The molecular formula is C18H22FN3O. The molecule has 0 unspecified atom stereocenters. The number of aromatic nitrogens is 2. The van der Waals surface area contributed by atoms with Gasteiger partial charge in [0, 0.05) is 20.1 Å². The van der Waals surface area contributed by atoms with E-state index in [2.05, 4.69) is 4.98 Å². The summed E-state index contributed by atoms with van der Waals surface area (Å²) in [6.07, 6.45) is 7.43. The largest absolute Gasteiger partial charge is 0.337 e. The molecule has 0 radical (unpaired) electrons. The zero-order valence-corrected chi connectivity index (χ0v) is 13.4. The van der Waals surface area contributed by atoms with Gasteiger partial charge in [-0.05, 0) is 49.3 Å². The van der Waals surface area contributed by atoms with E-state index in [0.29, 0.717) is 11.6 Å². The number of hydrogen-bond donors (Lipinski definition) is 0. The van der Waals surface area contributed by atoms with Crippen molar-refractivity contribution in [2.45, 2.75) is 25.7 Å². The predicted octanol–water partition coefficient (Wildman–Crippen LogP) is 3.04. The topological polar surface area (TPSA) is 38.1 Å². The molecule has 2 heterocycles. The van der Waals surface area contributed by atoms with Crippen molar-refractivity contribution < 1.29 is 9.18 Å². The van der Waals surface area contributed by atoms with Crippen molar-refractivity contribution in [2.24, 2.45) is 13.0 Å². The van der Waals surface area contributed by atoms with E-state index in [-0.39, 0.29) is 11.7 Å². The second-order valence-corrected chi connectivity index (χ2v) is 6.31. The summed E-state index contributed by atoms with van der Waals surface area (Å²) in [4.78, 5) is 18.5. The van der Waals surface area contributed by atoms with Gasteiger partial charge in [0.25, 0.3) is 5.91 Å². The molecule has 1 aromatic heterocycles. The molecule has 23 heavy (non-hydrogen) atoms. The minimum absolute atomic E-state index is 0.0662. The van der Waals surface area contributed by atoms with Crippen LogP contribution in [0.2, 0.25) is 0 Å². The fourth-order valence-corrected chi connectivity index (χ4v) is 3.23. The Morgan fingerprint density at radius 1 is 1.35 bits per heavy atom. The summed E-state index contributed by atoms with van der Waals surface area (Å²) in [5, 5.41) is 0. The van der Waals surface area contributed by atoms with Crippen molar-refractivity contribution in [3.05, 3.63) is 53.9 Å². The van der Waals surface area contributed by atoms with Gasteiger partial charge >= 0.3 is 0 Å². The normalized spacial score (nSPS) is 18.2. The molecule has 3 rings (SSSR count). The molecule has 4 nitrogen and oxygen atoms in total. The molecule has 0 aliphatic carbocycles. The molecular weight excluding hydrogens is 293 g/mol. The fraction of sp³-hybridized carbons (Fsp3) is 0.444. The smallest absolute Gasteiger partial charge is 0.272 e. The molecule has 1 aliphatic rings. The summed E-state index contributed by atoms with van der Waals surface area (Å²) < 4.78 is 14.7. The van der Waals surface area contributed by atoms with Crippen molar-refractivity contribution in [2.75, 3.05) is 13.1 Å². The van der Waals surface area contributed by atoms with Crippen LogP contribution in [0.25, 0.3) is 0 Å². The first kappa shape index (κ1) is 15.7. The summed E-state index contributed by atoms with van der Waals surface area (Å²) in [5.41, 5.74) is 1.80. The Labute approximate surface area is 135 Å². The number of carbonyl (C=O) groups excluding carboxylic acids is 1. The molecule has 1 aliphatic heterocycles. The number of piperidine rings is 1. The van der Waals surface area contributed by atoms with Gasteiger partial charge < -0.3 is 9.47 Å². The lowest BCUT2D eigenvalue weighted by Gasteiger charge is -2.32. The summed E-state index contributed by atoms with van der Waals surface area (Å²) in [6, 6.07) is 6.70. The Kier molecular flexibility index (Phi) is 4.74. The molecule has 1 saturated heterocycles. The van der Waals surface area contributed by atoms with Crippen molar-refractivity contribution in [3.8, 4) is 0 Å². The molecule has 122 valence electrons. The number of imidazole rings is 1. The van der Waals surface area contributed by atoms with E-state index >= 15 is 0 Å². The first-order chi connectivity index (χ1) is 11.1. The Hall–Kier alpha value is -2.17. The lowest BCUT2D eigenvalue weighted by atomic mass is 9.91. The van der Waals surface area contributed by atoms with Crippen molar-refractivity contribution in [1.29, 1.82) is 0 Å². The van der Waals surface area contributed by atoms with E-state index < -0.39 is 0 Å². The summed E-state index contributed by atoms with van der Waals surface area (Å²) >= 11 is 0. The lowest BCUT2D eigenvalue weighted by Crippen LogP contribution is -2.40. The van der Waals surface area contributed by atoms with Gasteiger partial charge in [-0.3, -0.25) is 4.79 Å². The highest BCUT2D eigenvalue weighted by molar-refractivity contribution is 5.92. The lowest BCUT2D eigenvalue weighted by molar-refractivity contribution is 0.0658. The number of likely N-dealkylation sites (tertiary alicyclic amines) is 1. The van der Waals surface area contributed by atoms with Crippen LogP contribution < -0.4 is 0 Å². The molecule has 0 saturated carbocycles. The van der Waals surface area contributed by atoms with Gasteiger partial charge in [-0.1, -0.05) is 12.1 Å². The first-order valence-corrected chi connectivity index (χ1v) is 8.13. The monoisotopic (exact) mass is 315 g/mol. The van der Waals surface area contributed by atoms with Crippen LogP contribution in [-0.2, 0) is 13.5 Å². The minimum Gasteiger partial charge on any atom is -0.337 e. The van der Waals surface area contributed by atoms with Gasteiger partial charge in [0.15, 0.2) is 0 Å². The molecule has 1 amide bonds. The highest BCUT2D eigenvalue weighted by Crippen LogP contribution is 2.23. The molecule has 2 aromatic rings. The summed E-state index contributed by atoms with van der Waals surface area (Å²) in [7, 11) is 1.84. The van der Waals surface area contributed by atoms with Gasteiger partial charge in [0.1, 0.15) is 11.5 Å². The van der Waals surface area contributed by atoms with Gasteiger partial charge in [0.2, 0.25) is 0 Å². The van der Waals surface area contributed by atoms with E-state index in [1.54, 1.807) is 17.1 Å². The van der Waals surface area contributed by atoms with Crippen molar-refractivity contribution >= 4 is 5.91 Å². The zero-order chi connectivity index (χ0) is 16.2. The van der Waals surface area contributed by atoms with Crippen LogP contribution in [0.15, 0.2) is 36.8 Å². The molecule has 5 heteroatoms. The third kappa shape index (κ3) is 3.78. The highest BCUT2D eigenvalue weighted by Gasteiger charge is 2.25. The standard InChI is InChI=1S/C18H22FN3O/c1-21-13-20-11-17(21)18(23)22-10-2-3-15(12-22)5-4-14-6-8-16(19)9-7-14/h6-9,11,13,15H,2-5,10,12H2,1H3/t15-/m1/s1. The number of carbonyl (C=O) groups is 1. The number of rotatable bonds is 4. The fourth-order valence-electron chi connectivity index (χ4n) is 3.23. The van der Waals surface area contributed by atoms with E-state index in [4.69, 9.17) is 0 Å². The molecule has 0 bridgehead atoms. The average Bonchev–Trinajstić information content (AvgIpc) is 3.00. The van der Waals surface area contributed by atoms with Crippen LogP contribution in [-0.4, -0.2) is 33.4 Å². The molecule has 1 atom stereocenters. The number of nitrogens with zero attached hydrogens (tertiary/aromatic N) is 3. The van der Waals surface area contributed by atoms with Gasteiger partial charge in [-0.2, -0.15) is 0 Å². The molecule has 0 N–H and O–H groups in total. The van der Waals surface area contributed by atoms with Crippen LogP contribution in [0.4, 0.5) is 4.39 Å². The molecule has 1 fully saturated rings. The molecule has 0 spiro atoms. The SMILES string of the molecule is Cn1cncc1C(=O)N1CCC[C@H](CCc2ccc(F)cc2)C1. The highest BCUT2D eigenvalue weighted by atomic mass is 19.1. The Bertz CT molecular complexity index is 665. The zero-order valence-electron chi connectivity index (χ0n) is 13.4. The quantitative estimate of drug-likeness (QED) is 0.870. The maximum atomic E-state index is 12.9. The summed E-state index contributed by atoms with van der Waals surface area (Å²) in [5.74, 6) is 0.377. The number of aryl methyl sites for hydroxylation is 2. The average molecular weight is 315 g/mol. The first-order valence-electron chi connectivity index (χ1n) is 8.13. The molecule has 1 aromatic carbocycles. The van der Waals surface area contributed by atoms with E-state index in [1.807, 2.05) is 24.1 Å². The number of amides is 1. The van der Waals surface area contributed by atoms with Crippen molar-refractivity contribution in [3.63, 3.8) is 0 Å². The third-order valence-corrected chi connectivity index (χ3v) is 4.60. The van der Waals surface area contributed by atoms with E-state index in [0.717, 1.165) is 44.3 Å². The van der Waals surface area contributed by atoms with Gasteiger partial charge in [-0.15, -0.1) is 0 Å². The minimum atomic E-state index is -0.195. The Balaban J connectivity index is 1.57. The number of benzene rings is 1. The van der Waals surface area contributed by atoms with Crippen LogP contribution in [0, 0.1) is 11.7 Å². The second-order valence-electron chi connectivity index (χ2n) is 6.31. The van der Waals surface area contributed by atoms with Crippen LogP contribution >= 0.6 is 0 Å². The maximum absolute atomic E-state index is 12.9. The summed E-state index contributed by atoms with van der Waals surface area (Å²) in [6.45, 7) is 1.61. The Morgan fingerprint density at radius 3 is 2.83 bits per heavy atom. The predicted molar refractivity (Wildman–Crippen MR) is 86.6 cm³/mol. The van der Waals surface area contributed by atoms with Crippen LogP contribution in [0.3, 0.4) is 0 Å². The van der Waals surface area contributed by atoms with Gasteiger partial charge in [-0.25, -0.2) is 9.37 Å². The maximum Gasteiger partial charge on any atom is 0.272 e. The van der Waals surface area contributed by atoms with Gasteiger partial charge in [0.05, 0.1) is 12.5 Å². The second kappa shape index (κ2) is 6.94. The van der Waals surface area contributed by atoms with Crippen molar-refractivity contribution in [1.82, 2.24) is 14.5 Å².